The zero-order valence-corrected chi connectivity index (χ0v) is 31.9. The van der Waals surface area contributed by atoms with Crippen LogP contribution in [-0.4, -0.2) is 0 Å². The van der Waals surface area contributed by atoms with Crippen molar-refractivity contribution in [3.8, 4) is 11.1 Å². The molecule has 1 heterocycles. The van der Waals surface area contributed by atoms with Gasteiger partial charge in [-0.15, -0.1) is 11.3 Å². The third-order valence-electron chi connectivity index (χ3n) is 12.3. The highest BCUT2D eigenvalue weighted by atomic mass is 32.1. The molecule has 1 aliphatic rings. The van der Waals surface area contributed by atoms with E-state index in [-0.39, 0.29) is 0 Å². The van der Waals surface area contributed by atoms with Crippen molar-refractivity contribution in [2.24, 2.45) is 0 Å². The summed E-state index contributed by atoms with van der Waals surface area (Å²) in [6.45, 7) is 0. The van der Waals surface area contributed by atoms with E-state index in [4.69, 9.17) is 0 Å². The van der Waals surface area contributed by atoms with Gasteiger partial charge in [-0.1, -0.05) is 188 Å². The Hall–Kier alpha value is -7.00. The lowest BCUT2D eigenvalue weighted by atomic mass is 9.68. The van der Waals surface area contributed by atoms with Crippen LogP contribution in [0, 0.1) is 0 Å². The number of nitrogens with zero attached hydrogens (tertiary/aromatic N) is 1. The van der Waals surface area contributed by atoms with Crippen molar-refractivity contribution in [3.05, 3.63) is 235 Å². The average Bonchev–Trinajstić information content (AvgIpc) is 3.82. The molecule has 0 saturated heterocycles. The van der Waals surface area contributed by atoms with Gasteiger partial charge in [0.15, 0.2) is 0 Å². The predicted octanol–water partition coefficient (Wildman–Crippen LogP) is 15.3. The predicted molar refractivity (Wildman–Crippen MR) is 244 cm³/mol. The van der Waals surface area contributed by atoms with Crippen LogP contribution in [0.15, 0.2) is 212 Å². The number of hydrogen-bond acceptors (Lipinski definition) is 2. The Kier molecular flexibility index (Phi) is 7.08. The maximum Gasteiger partial charge on any atom is 0.0713 e. The summed E-state index contributed by atoms with van der Waals surface area (Å²) in [5, 5.41) is 10.1. The molecular formula is C55H35NS. The Balaban J connectivity index is 1.19. The largest absolute Gasteiger partial charge is 0.308 e. The lowest BCUT2D eigenvalue weighted by Gasteiger charge is -2.34. The molecule has 11 aromatic rings. The van der Waals surface area contributed by atoms with Crippen LogP contribution in [0.2, 0.25) is 0 Å². The topological polar surface area (TPSA) is 3.24 Å². The van der Waals surface area contributed by atoms with Crippen molar-refractivity contribution in [1.29, 1.82) is 0 Å². The van der Waals surface area contributed by atoms with E-state index in [0.29, 0.717) is 0 Å². The lowest BCUT2D eigenvalue weighted by molar-refractivity contribution is 0.768. The number of fused-ring (bicyclic) bond motifs is 11. The van der Waals surface area contributed by atoms with E-state index in [1.807, 2.05) is 11.3 Å². The molecule has 10 aromatic carbocycles. The van der Waals surface area contributed by atoms with Crippen LogP contribution in [0.1, 0.15) is 22.3 Å². The van der Waals surface area contributed by atoms with Gasteiger partial charge >= 0.3 is 0 Å². The van der Waals surface area contributed by atoms with Gasteiger partial charge in [0.05, 0.1) is 21.5 Å². The molecule has 266 valence electrons. The molecule has 0 atom stereocenters. The van der Waals surface area contributed by atoms with Crippen LogP contribution in [0.3, 0.4) is 0 Å². The van der Waals surface area contributed by atoms with Crippen molar-refractivity contribution in [1.82, 2.24) is 0 Å². The fourth-order valence-electron chi connectivity index (χ4n) is 9.89. The van der Waals surface area contributed by atoms with Crippen LogP contribution in [0.4, 0.5) is 17.1 Å². The molecule has 1 aliphatic carbocycles. The van der Waals surface area contributed by atoms with Crippen molar-refractivity contribution >= 4 is 80.9 Å². The Morgan fingerprint density at radius 3 is 1.72 bits per heavy atom. The summed E-state index contributed by atoms with van der Waals surface area (Å²) in [6, 6.07) is 78.8. The normalized spacial score (nSPS) is 13.1. The van der Waals surface area contributed by atoms with Crippen LogP contribution in [-0.2, 0) is 5.41 Å². The van der Waals surface area contributed by atoms with Gasteiger partial charge in [-0.05, 0) is 84.6 Å². The summed E-state index contributed by atoms with van der Waals surface area (Å²) in [7, 11) is 0. The number of hydrogen-bond donors (Lipinski definition) is 0. The highest BCUT2D eigenvalue weighted by molar-refractivity contribution is 7.27. The monoisotopic (exact) mass is 741 g/mol. The number of thiophene rings is 1. The lowest BCUT2D eigenvalue weighted by Crippen LogP contribution is -2.28. The Morgan fingerprint density at radius 1 is 0.333 bits per heavy atom. The highest BCUT2D eigenvalue weighted by Crippen LogP contribution is 2.58. The standard InChI is InChI=1S/C55H35NS/c1-3-18-38(19-4-1)55(39-20-5-2-6-21-39)49-28-14-13-25-44(49)48-35-40(31-33-50(48)55)56(52-34-37-17-8-9-22-41(37)43-24-11-12-26-45(43)52)51-29-15-27-46-47-32-30-36-16-7-10-23-42(36)53(47)57-54(46)51/h1-35H. The maximum absolute atomic E-state index is 2.54. The molecule has 0 spiro atoms. The first-order valence-electron chi connectivity index (χ1n) is 19.7. The van der Waals surface area contributed by atoms with E-state index < -0.39 is 5.41 Å². The molecular weight excluding hydrogens is 707 g/mol. The minimum Gasteiger partial charge on any atom is -0.308 e. The first-order chi connectivity index (χ1) is 28.3. The summed E-state index contributed by atoms with van der Waals surface area (Å²) in [6.07, 6.45) is 0. The number of anilines is 3. The molecule has 0 bridgehead atoms. The van der Waals surface area contributed by atoms with Gasteiger partial charge in [0.2, 0.25) is 0 Å². The van der Waals surface area contributed by atoms with E-state index in [1.54, 1.807) is 0 Å². The summed E-state index contributed by atoms with van der Waals surface area (Å²) in [5.41, 5.74) is 10.7. The van der Waals surface area contributed by atoms with Gasteiger partial charge in [0.25, 0.3) is 0 Å². The molecule has 0 unspecified atom stereocenters. The minimum absolute atomic E-state index is 0.458. The fourth-order valence-corrected chi connectivity index (χ4v) is 11.2. The van der Waals surface area contributed by atoms with E-state index in [9.17, 15) is 0 Å². The van der Waals surface area contributed by atoms with Gasteiger partial charge in [-0.2, -0.15) is 0 Å². The van der Waals surface area contributed by atoms with E-state index in [0.717, 1.165) is 5.69 Å². The quantitative estimate of drug-likeness (QED) is 0.159. The third kappa shape index (κ3) is 4.62. The molecule has 57 heavy (non-hydrogen) atoms. The van der Waals surface area contributed by atoms with Crippen LogP contribution in [0.25, 0.3) is 63.6 Å². The Labute approximate surface area is 335 Å². The average molecular weight is 742 g/mol. The Morgan fingerprint density at radius 2 is 0.930 bits per heavy atom. The van der Waals surface area contributed by atoms with E-state index in [2.05, 4.69) is 217 Å². The van der Waals surface area contributed by atoms with Crippen molar-refractivity contribution < 1.29 is 0 Å². The zero-order chi connectivity index (χ0) is 37.5. The van der Waals surface area contributed by atoms with E-state index >= 15 is 0 Å². The number of benzene rings is 10. The zero-order valence-electron chi connectivity index (χ0n) is 31.1. The minimum atomic E-state index is -0.458. The van der Waals surface area contributed by atoms with Crippen LogP contribution < -0.4 is 4.90 Å². The van der Waals surface area contributed by atoms with Crippen molar-refractivity contribution in [3.63, 3.8) is 0 Å². The second-order valence-electron chi connectivity index (χ2n) is 15.2. The third-order valence-corrected chi connectivity index (χ3v) is 13.6. The molecule has 0 aliphatic heterocycles. The summed E-state index contributed by atoms with van der Waals surface area (Å²) >= 11 is 1.91. The van der Waals surface area contributed by atoms with Gasteiger partial charge in [0.1, 0.15) is 0 Å². The molecule has 0 saturated carbocycles. The van der Waals surface area contributed by atoms with Crippen molar-refractivity contribution in [2.75, 3.05) is 4.90 Å². The highest BCUT2D eigenvalue weighted by Gasteiger charge is 2.46. The van der Waals surface area contributed by atoms with Crippen molar-refractivity contribution in [2.45, 2.75) is 5.41 Å². The SMILES string of the molecule is c1ccc(C2(c3ccccc3)c3ccccc3-c3cc(N(c4cc5ccccc5c5ccccc45)c4cccc5c4sc4c6ccccc6ccc54)ccc32)cc1. The fraction of sp³-hybridized carbons (Fsp3) is 0.0182. The first-order valence-corrected chi connectivity index (χ1v) is 20.5. The second kappa shape index (κ2) is 12.5. The first kappa shape index (κ1) is 32.3. The summed E-state index contributed by atoms with van der Waals surface area (Å²) < 4.78 is 2.61. The molecule has 1 nitrogen and oxygen atoms in total. The van der Waals surface area contributed by atoms with Gasteiger partial charge in [-0.3, -0.25) is 0 Å². The van der Waals surface area contributed by atoms with Crippen LogP contribution in [0.5, 0.6) is 0 Å². The number of rotatable bonds is 5. The van der Waals surface area contributed by atoms with Gasteiger partial charge in [0, 0.05) is 26.5 Å². The second-order valence-corrected chi connectivity index (χ2v) is 16.2. The van der Waals surface area contributed by atoms with Gasteiger partial charge in [-0.25, -0.2) is 0 Å². The van der Waals surface area contributed by atoms with E-state index in [1.165, 1.54) is 97.2 Å². The maximum atomic E-state index is 2.54. The molecule has 2 heteroatoms. The molecule has 0 radical (unpaired) electrons. The summed E-state index contributed by atoms with van der Waals surface area (Å²) in [5.74, 6) is 0. The molecule has 12 rings (SSSR count). The molecule has 0 amide bonds. The van der Waals surface area contributed by atoms with Crippen LogP contribution >= 0.6 is 11.3 Å². The molecule has 0 N–H and O–H groups in total. The van der Waals surface area contributed by atoms with Gasteiger partial charge < -0.3 is 4.90 Å². The molecule has 0 fully saturated rings. The Bertz CT molecular complexity index is 3320. The molecule has 1 aromatic heterocycles. The summed E-state index contributed by atoms with van der Waals surface area (Å²) in [4.78, 5) is 2.54. The smallest absolute Gasteiger partial charge is 0.0713 e.